The van der Waals surface area contributed by atoms with Crippen molar-refractivity contribution in [3.05, 3.63) is 48.0 Å². The third-order valence-electron chi connectivity index (χ3n) is 3.64. The Morgan fingerprint density at radius 3 is 2.54 bits per heavy atom. The van der Waals surface area contributed by atoms with Gasteiger partial charge in [0.2, 0.25) is 5.91 Å². The van der Waals surface area contributed by atoms with Crippen LogP contribution in [0.2, 0.25) is 0 Å². The molecular formula is C19H24N3O3S. The summed E-state index contributed by atoms with van der Waals surface area (Å²) in [5, 5.41) is 17.4. The van der Waals surface area contributed by atoms with E-state index in [1.54, 1.807) is 11.9 Å². The zero-order valence-corrected chi connectivity index (χ0v) is 15.9. The van der Waals surface area contributed by atoms with Crippen LogP contribution in [0.3, 0.4) is 0 Å². The van der Waals surface area contributed by atoms with E-state index in [-0.39, 0.29) is 5.69 Å². The summed E-state index contributed by atoms with van der Waals surface area (Å²) in [6, 6.07) is 8.49. The molecule has 0 unspecified atom stereocenters. The fourth-order valence-electron chi connectivity index (χ4n) is 2.20. The van der Waals surface area contributed by atoms with Crippen molar-refractivity contribution in [2.75, 3.05) is 0 Å². The summed E-state index contributed by atoms with van der Waals surface area (Å²) in [6.45, 7) is 7.17. The first-order chi connectivity index (χ1) is 12.4. The van der Waals surface area contributed by atoms with Gasteiger partial charge in [-0.1, -0.05) is 44.2 Å². The number of aliphatic hydroxyl groups excluding tert-OH is 1. The molecule has 2 atom stereocenters. The molecule has 1 radical (unpaired) electrons. The molecule has 26 heavy (non-hydrogen) atoms. The van der Waals surface area contributed by atoms with Gasteiger partial charge in [-0.05, 0) is 19.3 Å². The summed E-state index contributed by atoms with van der Waals surface area (Å²) < 4.78 is 0. The number of amides is 2. The maximum Gasteiger partial charge on any atom is 0.271 e. The number of hydrogen-bond acceptors (Lipinski definition) is 5. The van der Waals surface area contributed by atoms with Crippen LogP contribution in [-0.2, 0) is 4.79 Å². The number of aliphatic hydroxyl groups is 1. The fraction of sp³-hybridized carbons (Fsp3) is 0.368. The van der Waals surface area contributed by atoms with Gasteiger partial charge in [-0.15, -0.1) is 11.3 Å². The zero-order chi connectivity index (χ0) is 19.1. The third kappa shape index (κ3) is 5.64. The number of carbonyl (C=O) groups is 2. The van der Waals surface area contributed by atoms with Crippen molar-refractivity contribution in [2.45, 2.75) is 39.3 Å². The second-order valence-electron chi connectivity index (χ2n) is 6.44. The molecule has 1 aromatic carbocycles. The van der Waals surface area contributed by atoms with Crippen molar-refractivity contribution in [1.82, 2.24) is 15.6 Å². The molecule has 0 aliphatic carbocycles. The smallest absolute Gasteiger partial charge is 0.271 e. The van der Waals surface area contributed by atoms with E-state index in [0.717, 1.165) is 10.6 Å². The lowest BCUT2D eigenvalue weighted by Gasteiger charge is -2.20. The number of benzene rings is 1. The molecule has 0 aliphatic rings. The van der Waals surface area contributed by atoms with E-state index < -0.39 is 24.0 Å². The Hall–Kier alpha value is -2.25. The van der Waals surface area contributed by atoms with Crippen LogP contribution < -0.4 is 10.6 Å². The van der Waals surface area contributed by atoms with Crippen LogP contribution in [0.5, 0.6) is 0 Å². The number of nitrogens with one attached hydrogen (secondary N) is 2. The van der Waals surface area contributed by atoms with Gasteiger partial charge in [0, 0.05) is 17.5 Å². The fourth-order valence-corrected chi connectivity index (χ4v) is 3.00. The van der Waals surface area contributed by atoms with Gasteiger partial charge in [-0.2, -0.15) is 0 Å². The highest BCUT2D eigenvalue weighted by atomic mass is 32.1. The second kappa shape index (κ2) is 9.45. The number of rotatable bonds is 8. The quantitative estimate of drug-likeness (QED) is 0.662. The molecule has 0 bridgehead atoms. The standard InChI is InChI=1S/C19H24N3O3S/c1-12(2)9-10-20-18(25)16(13(3)23)22-17(24)15-11-26-19(21-15)14-7-5-4-6-8-14/h4-8,10-13,16,23H,9H2,1-3H3,(H,20,25)(H,22,24)/t13-,16+/m1/s1. The lowest BCUT2D eigenvalue weighted by atomic mass is 10.1. The molecule has 2 rings (SSSR count). The minimum Gasteiger partial charge on any atom is -0.391 e. The summed E-state index contributed by atoms with van der Waals surface area (Å²) in [7, 11) is 0. The van der Waals surface area contributed by atoms with Crippen molar-refractivity contribution in [3.63, 3.8) is 0 Å². The maximum atomic E-state index is 12.4. The molecule has 0 aliphatic heterocycles. The molecule has 0 saturated heterocycles. The maximum absolute atomic E-state index is 12.4. The molecule has 0 saturated carbocycles. The highest BCUT2D eigenvalue weighted by Crippen LogP contribution is 2.23. The number of carbonyl (C=O) groups excluding carboxylic acids is 2. The van der Waals surface area contributed by atoms with Crippen LogP contribution in [0.15, 0.2) is 35.7 Å². The molecule has 6 nitrogen and oxygen atoms in total. The van der Waals surface area contributed by atoms with Gasteiger partial charge < -0.3 is 15.7 Å². The average molecular weight is 374 g/mol. The molecule has 0 spiro atoms. The second-order valence-corrected chi connectivity index (χ2v) is 7.30. The monoisotopic (exact) mass is 374 g/mol. The lowest BCUT2D eigenvalue weighted by molar-refractivity contribution is -0.124. The SMILES string of the molecule is CC(C)C[CH]NC(=O)[C@@H](NC(=O)c1csc(-c2ccccc2)n1)[C@@H](C)O. The molecule has 139 valence electrons. The molecule has 1 aromatic heterocycles. The Morgan fingerprint density at radius 1 is 1.23 bits per heavy atom. The predicted molar refractivity (Wildman–Crippen MR) is 102 cm³/mol. The summed E-state index contributed by atoms with van der Waals surface area (Å²) in [5.41, 5.74) is 1.14. The summed E-state index contributed by atoms with van der Waals surface area (Å²) in [6.07, 6.45) is -0.322. The van der Waals surface area contributed by atoms with Crippen LogP contribution in [0.4, 0.5) is 0 Å². The van der Waals surface area contributed by atoms with Crippen molar-refractivity contribution >= 4 is 23.2 Å². The first-order valence-electron chi connectivity index (χ1n) is 8.50. The third-order valence-corrected chi connectivity index (χ3v) is 4.53. The highest BCUT2D eigenvalue weighted by Gasteiger charge is 2.26. The Labute approximate surface area is 157 Å². The van der Waals surface area contributed by atoms with Crippen molar-refractivity contribution < 1.29 is 14.7 Å². The molecule has 3 N–H and O–H groups in total. The van der Waals surface area contributed by atoms with E-state index in [1.807, 2.05) is 44.2 Å². The highest BCUT2D eigenvalue weighted by molar-refractivity contribution is 7.13. The van der Waals surface area contributed by atoms with Gasteiger partial charge >= 0.3 is 0 Å². The van der Waals surface area contributed by atoms with Gasteiger partial charge in [0.1, 0.15) is 16.7 Å². The van der Waals surface area contributed by atoms with Crippen LogP contribution in [0.25, 0.3) is 10.6 Å². The average Bonchev–Trinajstić information content (AvgIpc) is 3.09. The van der Waals surface area contributed by atoms with Gasteiger partial charge in [-0.25, -0.2) is 4.98 Å². The molecular weight excluding hydrogens is 350 g/mol. The first-order valence-corrected chi connectivity index (χ1v) is 9.38. The van der Waals surface area contributed by atoms with Gasteiger partial charge in [0.05, 0.1) is 6.10 Å². The Morgan fingerprint density at radius 2 is 1.92 bits per heavy atom. The summed E-state index contributed by atoms with van der Waals surface area (Å²) in [4.78, 5) is 29.0. The molecule has 1 heterocycles. The van der Waals surface area contributed by atoms with Crippen LogP contribution in [0.1, 0.15) is 37.7 Å². The Balaban J connectivity index is 2.01. The molecule has 2 amide bonds. The largest absolute Gasteiger partial charge is 0.391 e. The molecule has 2 aromatic rings. The number of aromatic nitrogens is 1. The Bertz CT molecular complexity index is 729. The van der Waals surface area contributed by atoms with Crippen LogP contribution in [-0.4, -0.2) is 34.1 Å². The van der Waals surface area contributed by atoms with E-state index in [0.29, 0.717) is 12.3 Å². The topological polar surface area (TPSA) is 91.3 Å². The zero-order valence-electron chi connectivity index (χ0n) is 15.1. The number of hydrogen-bond donors (Lipinski definition) is 3. The van der Waals surface area contributed by atoms with E-state index in [4.69, 9.17) is 0 Å². The number of thiazole rings is 1. The van der Waals surface area contributed by atoms with Gasteiger partial charge in [0.15, 0.2) is 0 Å². The van der Waals surface area contributed by atoms with E-state index in [9.17, 15) is 14.7 Å². The molecule has 7 heteroatoms. The van der Waals surface area contributed by atoms with E-state index in [2.05, 4.69) is 15.6 Å². The predicted octanol–water partition coefficient (Wildman–Crippen LogP) is 2.61. The van der Waals surface area contributed by atoms with Crippen molar-refractivity contribution in [3.8, 4) is 10.6 Å². The van der Waals surface area contributed by atoms with Crippen LogP contribution in [0, 0.1) is 12.5 Å². The van der Waals surface area contributed by atoms with Gasteiger partial charge in [-0.3, -0.25) is 9.59 Å². The minimum absolute atomic E-state index is 0.221. The van der Waals surface area contributed by atoms with Crippen LogP contribution >= 0.6 is 11.3 Å². The van der Waals surface area contributed by atoms with Gasteiger partial charge in [0.25, 0.3) is 5.91 Å². The Kier molecular flexibility index (Phi) is 7.29. The normalized spacial score (nSPS) is 13.3. The van der Waals surface area contributed by atoms with E-state index >= 15 is 0 Å². The summed E-state index contributed by atoms with van der Waals surface area (Å²) >= 11 is 1.35. The molecule has 0 fully saturated rings. The first kappa shape index (κ1) is 20.1. The lowest BCUT2D eigenvalue weighted by Crippen LogP contribution is -2.52. The van der Waals surface area contributed by atoms with Crippen molar-refractivity contribution in [2.24, 2.45) is 5.92 Å². The summed E-state index contributed by atoms with van der Waals surface area (Å²) in [5.74, 6) is -0.540. The minimum atomic E-state index is -1.05. The number of nitrogens with zero attached hydrogens (tertiary/aromatic N) is 1. The van der Waals surface area contributed by atoms with Crippen molar-refractivity contribution in [1.29, 1.82) is 0 Å². The van der Waals surface area contributed by atoms with E-state index in [1.165, 1.54) is 18.3 Å².